The molecule has 24 heavy (non-hydrogen) atoms. The van der Waals surface area contributed by atoms with Crippen LogP contribution in [0.15, 0.2) is 35.2 Å². The summed E-state index contributed by atoms with van der Waals surface area (Å²) in [5.74, 6) is -1.91. The normalized spacial score (nSPS) is 14.1. The van der Waals surface area contributed by atoms with Crippen LogP contribution in [0, 0.1) is 11.6 Å². The van der Waals surface area contributed by atoms with E-state index in [2.05, 4.69) is 4.72 Å². The van der Waals surface area contributed by atoms with Crippen molar-refractivity contribution in [1.29, 1.82) is 0 Å². The lowest BCUT2D eigenvalue weighted by atomic mass is 9.92. The molecule has 1 aliphatic carbocycles. The van der Waals surface area contributed by atoms with Crippen molar-refractivity contribution in [3.63, 3.8) is 0 Å². The Kier molecular flexibility index (Phi) is 4.45. The molecular formula is C17H17F2NO3S. The Morgan fingerprint density at radius 3 is 2.29 bits per heavy atom. The van der Waals surface area contributed by atoms with Crippen LogP contribution in [0.4, 0.5) is 14.5 Å². The zero-order valence-electron chi connectivity index (χ0n) is 13.1. The average molecular weight is 353 g/mol. The first kappa shape index (κ1) is 16.7. The lowest BCUT2D eigenvalue weighted by Crippen LogP contribution is -2.16. The summed E-state index contributed by atoms with van der Waals surface area (Å²) in [6.45, 7) is 0. The number of methoxy groups -OCH3 is 1. The second kappa shape index (κ2) is 6.39. The number of aryl methyl sites for hydroxylation is 2. The van der Waals surface area contributed by atoms with Crippen molar-refractivity contribution in [2.24, 2.45) is 0 Å². The zero-order chi connectivity index (χ0) is 17.3. The van der Waals surface area contributed by atoms with Crippen LogP contribution in [0.3, 0.4) is 0 Å². The van der Waals surface area contributed by atoms with Crippen LogP contribution in [0.5, 0.6) is 5.75 Å². The van der Waals surface area contributed by atoms with E-state index in [0.717, 1.165) is 48.9 Å². The van der Waals surface area contributed by atoms with Crippen molar-refractivity contribution in [3.8, 4) is 5.75 Å². The summed E-state index contributed by atoms with van der Waals surface area (Å²) in [5.41, 5.74) is 2.02. The molecule has 128 valence electrons. The first-order chi connectivity index (χ1) is 11.4. The van der Waals surface area contributed by atoms with Gasteiger partial charge in [0.25, 0.3) is 10.0 Å². The number of anilines is 1. The topological polar surface area (TPSA) is 55.4 Å². The smallest absolute Gasteiger partial charge is 0.265 e. The summed E-state index contributed by atoms with van der Waals surface area (Å²) >= 11 is 0. The van der Waals surface area contributed by atoms with E-state index in [9.17, 15) is 17.2 Å². The fourth-order valence-corrected chi connectivity index (χ4v) is 4.13. The lowest BCUT2D eigenvalue weighted by Gasteiger charge is -2.19. The number of hydrogen-bond donors (Lipinski definition) is 1. The fourth-order valence-electron chi connectivity index (χ4n) is 2.88. The predicted molar refractivity (Wildman–Crippen MR) is 86.8 cm³/mol. The van der Waals surface area contributed by atoms with Crippen molar-refractivity contribution in [1.82, 2.24) is 0 Å². The molecule has 0 unspecified atom stereocenters. The zero-order valence-corrected chi connectivity index (χ0v) is 13.9. The third kappa shape index (κ3) is 3.21. The van der Waals surface area contributed by atoms with Gasteiger partial charge < -0.3 is 4.74 Å². The van der Waals surface area contributed by atoms with E-state index in [-0.39, 0.29) is 16.3 Å². The maximum atomic E-state index is 13.3. The fraction of sp³-hybridized carbons (Fsp3) is 0.294. The lowest BCUT2D eigenvalue weighted by molar-refractivity contribution is 0.401. The molecule has 0 saturated carbocycles. The van der Waals surface area contributed by atoms with Crippen LogP contribution in [0.25, 0.3) is 0 Å². The van der Waals surface area contributed by atoms with Gasteiger partial charge in [-0.15, -0.1) is 0 Å². The molecule has 1 aliphatic rings. The van der Waals surface area contributed by atoms with Crippen LogP contribution in [0.2, 0.25) is 0 Å². The summed E-state index contributed by atoms with van der Waals surface area (Å²) in [4.78, 5) is -0.00427. The second-order valence-corrected chi connectivity index (χ2v) is 7.36. The molecule has 2 aromatic carbocycles. The van der Waals surface area contributed by atoms with Crippen molar-refractivity contribution >= 4 is 15.7 Å². The van der Waals surface area contributed by atoms with E-state index in [4.69, 9.17) is 4.74 Å². The van der Waals surface area contributed by atoms with Gasteiger partial charge in [-0.05, 0) is 61.1 Å². The monoisotopic (exact) mass is 353 g/mol. The van der Waals surface area contributed by atoms with Gasteiger partial charge in [0.15, 0.2) is 11.6 Å². The number of fused-ring (bicyclic) bond motifs is 1. The van der Waals surface area contributed by atoms with Crippen molar-refractivity contribution in [3.05, 3.63) is 53.1 Å². The minimum absolute atomic E-state index is 0.00427. The molecule has 0 spiro atoms. The Morgan fingerprint density at radius 2 is 1.67 bits per heavy atom. The van der Waals surface area contributed by atoms with Gasteiger partial charge in [-0.25, -0.2) is 17.2 Å². The van der Waals surface area contributed by atoms with E-state index >= 15 is 0 Å². The molecule has 0 fully saturated rings. The van der Waals surface area contributed by atoms with Crippen LogP contribution >= 0.6 is 0 Å². The minimum atomic E-state index is -3.98. The van der Waals surface area contributed by atoms with Gasteiger partial charge in [-0.1, -0.05) is 0 Å². The number of sulfonamides is 1. The average Bonchev–Trinajstić information content (AvgIpc) is 2.56. The van der Waals surface area contributed by atoms with E-state index in [1.54, 1.807) is 12.1 Å². The van der Waals surface area contributed by atoms with Crippen LogP contribution < -0.4 is 9.46 Å². The van der Waals surface area contributed by atoms with Gasteiger partial charge in [0.1, 0.15) is 10.6 Å². The van der Waals surface area contributed by atoms with Crippen LogP contribution in [-0.2, 0) is 22.9 Å². The summed E-state index contributed by atoms with van der Waals surface area (Å²) in [6, 6.07) is 6.19. The number of nitrogens with one attached hydrogen (secondary N) is 1. The van der Waals surface area contributed by atoms with E-state index in [1.807, 2.05) is 0 Å². The first-order valence-corrected chi connectivity index (χ1v) is 9.06. The highest BCUT2D eigenvalue weighted by atomic mass is 32.2. The largest absolute Gasteiger partial charge is 0.495 e. The molecule has 0 aromatic heterocycles. The highest BCUT2D eigenvalue weighted by molar-refractivity contribution is 7.92. The van der Waals surface area contributed by atoms with Crippen molar-refractivity contribution < 1.29 is 21.9 Å². The second-order valence-electron chi connectivity index (χ2n) is 5.71. The van der Waals surface area contributed by atoms with E-state index in [0.29, 0.717) is 0 Å². The Bertz CT molecular complexity index is 882. The molecule has 0 bridgehead atoms. The Balaban J connectivity index is 2.00. The molecule has 0 aliphatic heterocycles. The highest BCUT2D eigenvalue weighted by Gasteiger charge is 2.23. The van der Waals surface area contributed by atoms with Gasteiger partial charge in [-0.2, -0.15) is 0 Å². The molecule has 0 heterocycles. The standard InChI is InChI=1S/C17H17F2NO3S/c1-23-16-8-11-4-2-3-5-12(11)9-17(16)24(21,22)20-13-6-7-14(18)15(19)10-13/h6-10,20H,2-5H2,1H3. The molecule has 0 saturated heterocycles. The maximum absolute atomic E-state index is 13.3. The SMILES string of the molecule is COc1cc2c(cc1S(=O)(=O)Nc1ccc(F)c(F)c1)CCCC2. The van der Waals surface area contributed by atoms with Gasteiger partial charge in [0.2, 0.25) is 0 Å². The number of ether oxygens (including phenoxy) is 1. The minimum Gasteiger partial charge on any atom is -0.495 e. The van der Waals surface area contributed by atoms with E-state index in [1.165, 1.54) is 13.2 Å². The van der Waals surface area contributed by atoms with E-state index < -0.39 is 21.7 Å². The molecule has 2 aromatic rings. The summed E-state index contributed by atoms with van der Waals surface area (Å²) in [6.07, 6.45) is 3.78. The molecular weight excluding hydrogens is 336 g/mol. The number of hydrogen-bond acceptors (Lipinski definition) is 3. The molecule has 4 nitrogen and oxygen atoms in total. The molecule has 0 radical (unpaired) electrons. The van der Waals surface area contributed by atoms with Gasteiger partial charge in [0, 0.05) is 6.07 Å². The molecule has 0 amide bonds. The maximum Gasteiger partial charge on any atom is 0.265 e. The summed E-state index contributed by atoms with van der Waals surface area (Å²) < 4.78 is 59.1. The van der Waals surface area contributed by atoms with Gasteiger partial charge >= 0.3 is 0 Å². The van der Waals surface area contributed by atoms with Crippen LogP contribution in [-0.4, -0.2) is 15.5 Å². The Labute approximate surface area is 139 Å². The Morgan fingerprint density at radius 1 is 1.00 bits per heavy atom. The first-order valence-electron chi connectivity index (χ1n) is 7.58. The van der Waals surface area contributed by atoms with Gasteiger partial charge in [0.05, 0.1) is 12.8 Å². The summed E-state index contributed by atoms with van der Waals surface area (Å²) in [7, 11) is -2.58. The third-order valence-electron chi connectivity index (χ3n) is 4.09. The molecule has 0 atom stereocenters. The molecule has 1 N–H and O–H groups in total. The number of rotatable bonds is 4. The summed E-state index contributed by atoms with van der Waals surface area (Å²) in [5, 5.41) is 0. The number of halogens is 2. The van der Waals surface area contributed by atoms with Crippen molar-refractivity contribution in [2.45, 2.75) is 30.6 Å². The predicted octanol–water partition coefficient (Wildman–Crippen LogP) is 3.65. The Hall–Kier alpha value is -2.15. The third-order valence-corrected chi connectivity index (χ3v) is 5.49. The highest BCUT2D eigenvalue weighted by Crippen LogP contribution is 2.33. The van der Waals surface area contributed by atoms with Gasteiger partial charge in [-0.3, -0.25) is 4.72 Å². The van der Waals surface area contributed by atoms with Crippen molar-refractivity contribution in [2.75, 3.05) is 11.8 Å². The quantitative estimate of drug-likeness (QED) is 0.913. The number of benzene rings is 2. The molecule has 3 rings (SSSR count). The molecule has 7 heteroatoms. The van der Waals surface area contributed by atoms with Crippen LogP contribution in [0.1, 0.15) is 24.0 Å².